The van der Waals surface area contributed by atoms with Gasteiger partial charge in [-0.2, -0.15) is 0 Å². The van der Waals surface area contributed by atoms with Crippen molar-refractivity contribution in [2.45, 2.75) is 39.0 Å². The number of nitrogens with one attached hydrogen (secondary N) is 1. The topological polar surface area (TPSA) is 46.1 Å². The average Bonchev–Trinajstić information content (AvgIpc) is 3.41. The molecule has 2 fully saturated rings. The van der Waals surface area contributed by atoms with Gasteiger partial charge in [0.2, 0.25) is 0 Å². The standard InChI is InChI=1S/C17H33N3O2.HI/c1-4-21-11-9-17(7-8-17)14-19-16(18-2)20(3)10-12-22-13-15-5-6-15;/h15H,4-14H2,1-3H3,(H,18,19);1H. The van der Waals surface area contributed by atoms with Crippen LogP contribution in [0.15, 0.2) is 4.99 Å². The highest BCUT2D eigenvalue weighted by Gasteiger charge is 2.42. The van der Waals surface area contributed by atoms with E-state index in [0.717, 1.165) is 57.8 Å². The van der Waals surface area contributed by atoms with E-state index in [4.69, 9.17) is 9.47 Å². The van der Waals surface area contributed by atoms with Gasteiger partial charge in [0.1, 0.15) is 0 Å². The van der Waals surface area contributed by atoms with Gasteiger partial charge in [-0.25, -0.2) is 0 Å². The van der Waals surface area contributed by atoms with Crippen molar-refractivity contribution < 1.29 is 9.47 Å². The summed E-state index contributed by atoms with van der Waals surface area (Å²) in [5, 5.41) is 3.53. The second kappa shape index (κ2) is 10.7. The van der Waals surface area contributed by atoms with E-state index >= 15 is 0 Å². The van der Waals surface area contributed by atoms with Crippen molar-refractivity contribution in [2.75, 3.05) is 53.6 Å². The number of hydrogen-bond donors (Lipinski definition) is 1. The van der Waals surface area contributed by atoms with Crippen LogP contribution in [0, 0.1) is 11.3 Å². The molecule has 0 aromatic carbocycles. The normalized spacial score (nSPS) is 19.2. The van der Waals surface area contributed by atoms with Gasteiger partial charge in [0.25, 0.3) is 0 Å². The zero-order valence-electron chi connectivity index (χ0n) is 15.0. The summed E-state index contributed by atoms with van der Waals surface area (Å²) < 4.78 is 11.2. The van der Waals surface area contributed by atoms with Crippen LogP contribution < -0.4 is 5.32 Å². The lowest BCUT2D eigenvalue weighted by atomic mass is 10.0. The van der Waals surface area contributed by atoms with Gasteiger partial charge in [-0.3, -0.25) is 4.99 Å². The number of hydrogen-bond acceptors (Lipinski definition) is 3. The fraction of sp³-hybridized carbons (Fsp3) is 0.941. The van der Waals surface area contributed by atoms with Gasteiger partial charge in [-0.05, 0) is 50.4 Å². The van der Waals surface area contributed by atoms with Crippen molar-refractivity contribution in [3.8, 4) is 0 Å². The van der Waals surface area contributed by atoms with Crippen LogP contribution in [-0.4, -0.2) is 64.5 Å². The zero-order chi connectivity index (χ0) is 15.8. The number of aliphatic imine (C=N–C) groups is 1. The first kappa shape index (κ1) is 21.0. The molecule has 2 aliphatic carbocycles. The maximum absolute atomic E-state index is 5.71. The molecule has 5 nitrogen and oxygen atoms in total. The average molecular weight is 439 g/mol. The second-order valence-corrected chi connectivity index (χ2v) is 6.79. The van der Waals surface area contributed by atoms with Gasteiger partial charge in [0.15, 0.2) is 5.96 Å². The van der Waals surface area contributed by atoms with Crippen LogP contribution in [0.5, 0.6) is 0 Å². The van der Waals surface area contributed by atoms with E-state index in [1.54, 1.807) is 0 Å². The summed E-state index contributed by atoms with van der Waals surface area (Å²) in [7, 11) is 3.93. The van der Waals surface area contributed by atoms with Gasteiger partial charge >= 0.3 is 0 Å². The molecule has 6 heteroatoms. The van der Waals surface area contributed by atoms with E-state index < -0.39 is 0 Å². The molecule has 0 amide bonds. The van der Waals surface area contributed by atoms with Crippen LogP contribution >= 0.6 is 24.0 Å². The SMILES string of the molecule is CCOCCC1(CNC(=NC)N(C)CCOCC2CC2)CC1.I. The Morgan fingerprint density at radius 3 is 2.57 bits per heavy atom. The number of ether oxygens (including phenoxy) is 2. The molecule has 1 N–H and O–H groups in total. The van der Waals surface area contributed by atoms with Crippen LogP contribution in [0.25, 0.3) is 0 Å². The third kappa shape index (κ3) is 8.03. The molecule has 0 radical (unpaired) electrons. The summed E-state index contributed by atoms with van der Waals surface area (Å²) >= 11 is 0. The first-order valence-corrected chi connectivity index (χ1v) is 8.76. The Morgan fingerprint density at radius 1 is 1.26 bits per heavy atom. The molecule has 0 heterocycles. The Labute approximate surface area is 158 Å². The number of nitrogens with zero attached hydrogens (tertiary/aromatic N) is 2. The Hall–Kier alpha value is -0.0800. The Kier molecular flexibility index (Phi) is 9.77. The Bertz CT molecular complexity index is 358. The van der Waals surface area contributed by atoms with E-state index in [9.17, 15) is 0 Å². The van der Waals surface area contributed by atoms with Gasteiger partial charge in [-0.15, -0.1) is 24.0 Å². The molecule has 0 aromatic rings. The maximum Gasteiger partial charge on any atom is 0.193 e. The van der Waals surface area contributed by atoms with E-state index in [2.05, 4.69) is 29.2 Å². The quantitative estimate of drug-likeness (QED) is 0.233. The highest BCUT2D eigenvalue weighted by atomic mass is 127. The van der Waals surface area contributed by atoms with Crippen LogP contribution in [0.1, 0.15) is 39.0 Å². The lowest BCUT2D eigenvalue weighted by molar-refractivity contribution is 0.114. The van der Waals surface area contributed by atoms with Gasteiger partial charge in [0, 0.05) is 47.0 Å². The predicted octanol–water partition coefficient (Wildman–Crippen LogP) is 2.75. The minimum atomic E-state index is 0. The van der Waals surface area contributed by atoms with Gasteiger partial charge < -0.3 is 19.7 Å². The molecule has 0 unspecified atom stereocenters. The van der Waals surface area contributed by atoms with Crippen LogP contribution in [-0.2, 0) is 9.47 Å². The van der Waals surface area contributed by atoms with Crippen molar-refractivity contribution in [3.05, 3.63) is 0 Å². The highest BCUT2D eigenvalue weighted by Crippen LogP contribution is 2.48. The summed E-state index contributed by atoms with van der Waals surface area (Å²) in [6.07, 6.45) is 6.46. The predicted molar refractivity (Wildman–Crippen MR) is 106 cm³/mol. The van der Waals surface area contributed by atoms with E-state index in [1.807, 2.05) is 7.05 Å². The van der Waals surface area contributed by atoms with Crippen molar-refractivity contribution >= 4 is 29.9 Å². The molecule has 0 saturated heterocycles. The Balaban J connectivity index is 0.00000264. The number of halogens is 1. The lowest BCUT2D eigenvalue weighted by Crippen LogP contribution is -2.43. The molecule has 0 aliphatic heterocycles. The molecule has 2 saturated carbocycles. The molecule has 2 aliphatic rings. The van der Waals surface area contributed by atoms with Crippen molar-refractivity contribution in [3.63, 3.8) is 0 Å². The smallest absolute Gasteiger partial charge is 0.193 e. The minimum Gasteiger partial charge on any atom is -0.382 e. The van der Waals surface area contributed by atoms with E-state index in [0.29, 0.717) is 5.41 Å². The van der Waals surface area contributed by atoms with Crippen LogP contribution in [0.4, 0.5) is 0 Å². The monoisotopic (exact) mass is 439 g/mol. The van der Waals surface area contributed by atoms with Gasteiger partial charge in [0.05, 0.1) is 6.61 Å². The van der Waals surface area contributed by atoms with E-state index in [1.165, 1.54) is 25.7 Å². The first-order chi connectivity index (χ1) is 10.7. The number of rotatable bonds is 11. The third-order valence-electron chi connectivity index (χ3n) is 4.75. The first-order valence-electron chi connectivity index (χ1n) is 8.76. The Morgan fingerprint density at radius 2 is 2.00 bits per heavy atom. The summed E-state index contributed by atoms with van der Waals surface area (Å²) in [6, 6.07) is 0. The molecule has 0 spiro atoms. The summed E-state index contributed by atoms with van der Waals surface area (Å²) in [5.74, 6) is 1.81. The minimum absolute atomic E-state index is 0. The van der Waals surface area contributed by atoms with Gasteiger partial charge in [-0.1, -0.05) is 0 Å². The van der Waals surface area contributed by atoms with Crippen molar-refractivity contribution in [2.24, 2.45) is 16.3 Å². The molecule has 0 bridgehead atoms. The molecular weight excluding hydrogens is 405 g/mol. The molecular formula is C17H34IN3O2. The van der Waals surface area contributed by atoms with Crippen molar-refractivity contribution in [1.29, 1.82) is 0 Å². The highest BCUT2D eigenvalue weighted by molar-refractivity contribution is 14.0. The van der Waals surface area contributed by atoms with Crippen molar-refractivity contribution in [1.82, 2.24) is 10.2 Å². The number of guanidine groups is 1. The summed E-state index contributed by atoms with van der Waals surface area (Å²) in [4.78, 5) is 6.54. The fourth-order valence-corrected chi connectivity index (χ4v) is 2.62. The molecule has 23 heavy (non-hydrogen) atoms. The molecule has 136 valence electrons. The molecule has 0 atom stereocenters. The van der Waals surface area contributed by atoms with Crippen LogP contribution in [0.3, 0.4) is 0 Å². The second-order valence-electron chi connectivity index (χ2n) is 6.79. The number of likely N-dealkylation sites (N-methyl/N-ethyl adjacent to an activating group) is 1. The lowest BCUT2D eigenvalue weighted by Gasteiger charge is -2.24. The van der Waals surface area contributed by atoms with Crippen LogP contribution in [0.2, 0.25) is 0 Å². The third-order valence-corrected chi connectivity index (χ3v) is 4.75. The van der Waals surface area contributed by atoms with E-state index in [-0.39, 0.29) is 24.0 Å². The zero-order valence-corrected chi connectivity index (χ0v) is 17.3. The largest absolute Gasteiger partial charge is 0.382 e. The maximum atomic E-state index is 5.71. The fourth-order valence-electron chi connectivity index (χ4n) is 2.62. The summed E-state index contributed by atoms with van der Waals surface area (Å²) in [5.41, 5.74) is 0.439. The molecule has 2 rings (SSSR count). The molecule has 0 aromatic heterocycles. The summed E-state index contributed by atoms with van der Waals surface area (Å²) in [6.45, 7) is 7.35.